The third-order valence-electron chi connectivity index (χ3n) is 3.73. The average molecular weight is 365 g/mol. The maximum absolute atomic E-state index is 12.7. The molecule has 0 saturated heterocycles. The fourth-order valence-electron chi connectivity index (χ4n) is 2.45. The Hall–Kier alpha value is -2.78. The first-order chi connectivity index (χ1) is 12.4. The summed E-state index contributed by atoms with van der Waals surface area (Å²) >= 11 is 0. The summed E-state index contributed by atoms with van der Waals surface area (Å²) in [6, 6.07) is 0. The molecule has 0 radical (unpaired) electrons. The summed E-state index contributed by atoms with van der Waals surface area (Å²) in [5.74, 6) is 0.976. The lowest BCUT2D eigenvalue weighted by atomic mass is 10.2. The first kappa shape index (κ1) is 18.0. The van der Waals surface area contributed by atoms with E-state index in [1.54, 1.807) is 15.6 Å². The van der Waals surface area contributed by atoms with Gasteiger partial charge in [-0.15, -0.1) is 0 Å². The van der Waals surface area contributed by atoms with Gasteiger partial charge in [-0.1, -0.05) is 13.3 Å². The quantitative estimate of drug-likeness (QED) is 0.671. The fourth-order valence-corrected chi connectivity index (χ4v) is 2.45. The Bertz CT molecular complexity index is 865. The van der Waals surface area contributed by atoms with Crippen molar-refractivity contribution in [1.29, 1.82) is 0 Å². The van der Waals surface area contributed by atoms with Crippen molar-refractivity contribution >= 4 is 0 Å². The molecule has 0 atom stereocenters. The highest BCUT2D eigenvalue weighted by Crippen LogP contribution is 2.27. The van der Waals surface area contributed by atoms with Crippen molar-refractivity contribution in [3.05, 3.63) is 41.9 Å². The largest absolute Gasteiger partial charge is 0.434 e. The van der Waals surface area contributed by atoms with Crippen LogP contribution < -0.4 is 0 Å². The van der Waals surface area contributed by atoms with Crippen LogP contribution in [0.1, 0.15) is 36.8 Å². The molecule has 0 amide bonds. The van der Waals surface area contributed by atoms with Gasteiger partial charge >= 0.3 is 6.18 Å². The lowest BCUT2D eigenvalue weighted by Crippen LogP contribution is -2.09. The van der Waals surface area contributed by atoms with Gasteiger partial charge in [-0.25, -0.2) is 19.6 Å². The molecule has 10 heteroatoms. The Balaban J connectivity index is 1.91. The van der Waals surface area contributed by atoms with Crippen LogP contribution in [-0.4, -0.2) is 34.5 Å². The first-order valence-corrected chi connectivity index (χ1v) is 8.17. The number of aryl methyl sites for hydroxylation is 2. The smallest absolute Gasteiger partial charge is 0.276 e. The van der Waals surface area contributed by atoms with Crippen LogP contribution in [0.5, 0.6) is 0 Å². The molecule has 3 aromatic heterocycles. The van der Waals surface area contributed by atoms with E-state index in [-0.39, 0.29) is 5.69 Å². The Labute approximate surface area is 147 Å². The molecular formula is C16H18F3N7. The first-order valence-electron chi connectivity index (χ1n) is 8.17. The molecule has 0 aliphatic rings. The lowest BCUT2D eigenvalue weighted by Gasteiger charge is -2.06. The van der Waals surface area contributed by atoms with Crippen LogP contribution in [0.15, 0.2) is 24.8 Å². The molecular weight excluding hydrogens is 347 g/mol. The number of rotatable bonds is 6. The number of alkyl halides is 3. The molecule has 0 aliphatic heterocycles. The van der Waals surface area contributed by atoms with Gasteiger partial charge < -0.3 is 0 Å². The van der Waals surface area contributed by atoms with E-state index < -0.39 is 11.9 Å². The second-order valence-electron chi connectivity index (χ2n) is 5.91. The maximum Gasteiger partial charge on any atom is 0.434 e. The lowest BCUT2D eigenvalue weighted by molar-refractivity contribution is -0.141. The molecule has 0 bridgehead atoms. The predicted octanol–water partition coefficient (Wildman–Crippen LogP) is 2.88. The number of halogens is 3. The summed E-state index contributed by atoms with van der Waals surface area (Å²) in [6.45, 7) is 2.65. The van der Waals surface area contributed by atoms with Crippen LogP contribution in [0.3, 0.4) is 0 Å². The van der Waals surface area contributed by atoms with Crippen molar-refractivity contribution in [2.24, 2.45) is 7.05 Å². The highest BCUT2D eigenvalue weighted by molar-refractivity contribution is 5.47. The molecule has 0 aliphatic carbocycles. The normalized spacial score (nSPS) is 11.9. The third-order valence-corrected chi connectivity index (χ3v) is 3.73. The molecule has 0 unspecified atom stereocenters. The van der Waals surface area contributed by atoms with Gasteiger partial charge in [0.1, 0.15) is 5.69 Å². The van der Waals surface area contributed by atoms with Crippen molar-refractivity contribution in [3.8, 4) is 11.5 Å². The van der Waals surface area contributed by atoms with E-state index in [2.05, 4.69) is 25.1 Å². The zero-order valence-electron chi connectivity index (χ0n) is 14.4. The van der Waals surface area contributed by atoms with Crippen molar-refractivity contribution < 1.29 is 13.2 Å². The SMILES string of the molecule is CCCCn1nc(Cc2cnn(C)c2)nc1-c1cnc(C(F)(F)F)cn1. The van der Waals surface area contributed by atoms with Crippen LogP contribution >= 0.6 is 0 Å². The standard InChI is InChI=1S/C16H18F3N7/c1-3-4-5-26-15(12-8-21-13(9-20-12)16(17,18)19)23-14(24-26)6-11-7-22-25(2)10-11/h7-10H,3-6H2,1-2H3. The van der Waals surface area contributed by atoms with Gasteiger partial charge in [0, 0.05) is 26.2 Å². The van der Waals surface area contributed by atoms with Gasteiger partial charge in [0.15, 0.2) is 17.3 Å². The number of hydrogen-bond acceptors (Lipinski definition) is 5. The number of hydrogen-bond donors (Lipinski definition) is 0. The minimum absolute atomic E-state index is 0.263. The van der Waals surface area contributed by atoms with Gasteiger partial charge in [0.05, 0.1) is 18.6 Å². The van der Waals surface area contributed by atoms with Crippen molar-refractivity contribution in [2.75, 3.05) is 0 Å². The fraction of sp³-hybridized carbons (Fsp3) is 0.438. The topological polar surface area (TPSA) is 74.3 Å². The zero-order chi connectivity index (χ0) is 18.7. The highest BCUT2D eigenvalue weighted by Gasteiger charge is 2.33. The molecule has 0 spiro atoms. The number of aromatic nitrogens is 7. The molecule has 0 N–H and O–H groups in total. The molecule has 3 heterocycles. The van der Waals surface area contributed by atoms with Gasteiger partial charge in [-0.3, -0.25) is 4.68 Å². The highest BCUT2D eigenvalue weighted by atomic mass is 19.4. The summed E-state index contributed by atoms with van der Waals surface area (Å²) in [5.41, 5.74) is 0.181. The maximum atomic E-state index is 12.7. The Kier molecular flexibility index (Phi) is 5.01. The van der Waals surface area contributed by atoms with Crippen molar-refractivity contribution in [2.45, 2.75) is 38.9 Å². The van der Waals surface area contributed by atoms with E-state index in [1.165, 1.54) is 0 Å². The Morgan fingerprint density at radius 2 is 1.92 bits per heavy atom. The van der Waals surface area contributed by atoms with Crippen LogP contribution in [0.4, 0.5) is 13.2 Å². The summed E-state index contributed by atoms with van der Waals surface area (Å²) in [7, 11) is 1.82. The molecule has 0 aromatic carbocycles. The van der Waals surface area contributed by atoms with Crippen LogP contribution in [0.25, 0.3) is 11.5 Å². The molecule has 26 heavy (non-hydrogen) atoms. The van der Waals surface area contributed by atoms with Crippen molar-refractivity contribution in [1.82, 2.24) is 34.5 Å². The number of nitrogens with zero attached hydrogens (tertiary/aromatic N) is 7. The van der Waals surface area contributed by atoms with Crippen LogP contribution in [0.2, 0.25) is 0 Å². The summed E-state index contributed by atoms with van der Waals surface area (Å²) in [5, 5.41) is 8.59. The Morgan fingerprint density at radius 1 is 1.12 bits per heavy atom. The predicted molar refractivity (Wildman–Crippen MR) is 87.0 cm³/mol. The van der Waals surface area contributed by atoms with E-state index in [0.29, 0.717) is 24.6 Å². The van der Waals surface area contributed by atoms with Gasteiger partial charge in [-0.05, 0) is 12.0 Å². The molecule has 3 rings (SSSR count). The minimum Gasteiger partial charge on any atom is -0.276 e. The van der Waals surface area contributed by atoms with E-state index in [1.807, 2.05) is 20.2 Å². The number of unbranched alkanes of at least 4 members (excludes halogenated alkanes) is 1. The molecule has 0 saturated carbocycles. The van der Waals surface area contributed by atoms with E-state index in [9.17, 15) is 13.2 Å². The average Bonchev–Trinajstić information content (AvgIpc) is 3.18. The Morgan fingerprint density at radius 3 is 2.50 bits per heavy atom. The molecule has 0 fully saturated rings. The summed E-state index contributed by atoms with van der Waals surface area (Å²) in [6.07, 6.45) is 3.18. The molecule has 138 valence electrons. The zero-order valence-corrected chi connectivity index (χ0v) is 14.4. The summed E-state index contributed by atoms with van der Waals surface area (Å²) < 4.78 is 41.4. The van der Waals surface area contributed by atoms with Gasteiger partial charge in [-0.2, -0.15) is 23.4 Å². The van der Waals surface area contributed by atoms with Crippen LogP contribution in [-0.2, 0) is 26.2 Å². The van der Waals surface area contributed by atoms with Gasteiger partial charge in [0.25, 0.3) is 0 Å². The minimum atomic E-state index is -4.52. The van der Waals surface area contributed by atoms with Gasteiger partial charge in [0.2, 0.25) is 0 Å². The van der Waals surface area contributed by atoms with Crippen molar-refractivity contribution in [3.63, 3.8) is 0 Å². The van der Waals surface area contributed by atoms with E-state index in [4.69, 9.17) is 0 Å². The van der Waals surface area contributed by atoms with Crippen LogP contribution in [0, 0.1) is 0 Å². The second-order valence-corrected chi connectivity index (χ2v) is 5.91. The molecule has 7 nitrogen and oxygen atoms in total. The molecule has 3 aromatic rings. The monoisotopic (exact) mass is 365 g/mol. The summed E-state index contributed by atoms with van der Waals surface area (Å²) in [4.78, 5) is 11.8. The van der Waals surface area contributed by atoms with E-state index >= 15 is 0 Å². The van der Waals surface area contributed by atoms with E-state index in [0.717, 1.165) is 30.8 Å². The third kappa shape index (κ3) is 4.06. The second kappa shape index (κ2) is 7.22.